The summed E-state index contributed by atoms with van der Waals surface area (Å²) < 4.78 is 19.1. The maximum atomic E-state index is 13.5. The molecule has 0 aliphatic heterocycles. The van der Waals surface area contributed by atoms with Gasteiger partial charge in [-0.25, -0.2) is 14.4 Å². The van der Waals surface area contributed by atoms with Crippen LogP contribution in [0.2, 0.25) is 0 Å². The summed E-state index contributed by atoms with van der Waals surface area (Å²) in [5.41, 5.74) is 7.14. The number of aryl methyl sites for hydroxylation is 1. The monoisotopic (exact) mass is 261 g/mol. The van der Waals surface area contributed by atoms with Crippen molar-refractivity contribution in [2.45, 2.75) is 26.7 Å². The smallest absolute Gasteiger partial charge is 0.227 e. The number of aromatic nitrogens is 2. The molecule has 0 saturated heterocycles. The van der Waals surface area contributed by atoms with E-state index in [0.717, 1.165) is 18.4 Å². The van der Waals surface area contributed by atoms with Gasteiger partial charge in [-0.1, -0.05) is 19.4 Å². The van der Waals surface area contributed by atoms with E-state index in [2.05, 4.69) is 9.97 Å². The van der Waals surface area contributed by atoms with Gasteiger partial charge in [0, 0.05) is 6.07 Å². The first-order chi connectivity index (χ1) is 9.11. The number of hydrogen-bond acceptors (Lipinski definition) is 4. The zero-order chi connectivity index (χ0) is 13.8. The Kier molecular flexibility index (Phi) is 3.94. The van der Waals surface area contributed by atoms with E-state index >= 15 is 0 Å². The molecule has 0 bridgehead atoms. The number of nitrogen functional groups attached to an aromatic ring is 1. The van der Waals surface area contributed by atoms with Crippen LogP contribution in [0.1, 0.15) is 24.5 Å². The van der Waals surface area contributed by atoms with E-state index in [1.165, 1.54) is 12.4 Å². The van der Waals surface area contributed by atoms with Gasteiger partial charge in [-0.3, -0.25) is 0 Å². The number of nitrogens with two attached hydrogens (primary N) is 1. The van der Waals surface area contributed by atoms with E-state index < -0.39 is 0 Å². The van der Waals surface area contributed by atoms with E-state index in [-0.39, 0.29) is 5.82 Å². The van der Waals surface area contributed by atoms with Crippen LogP contribution in [-0.4, -0.2) is 9.97 Å². The molecule has 0 amide bonds. The summed E-state index contributed by atoms with van der Waals surface area (Å²) >= 11 is 0. The van der Waals surface area contributed by atoms with Gasteiger partial charge in [0.25, 0.3) is 0 Å². The first kappa shape index (κ1) is 13.3. The van der Waals surface area contributed by atoms with Crippen molar-refractivity contribution in [2.75, 3.05) is 5.73 Å². The largest absolute Gasteiger partial charge is 0.438 e. The molecule has 4 nitrogen and oxygen atoms in total. The van der Waals surface area contributed by atoms with Gasteiger partial charge >= 0.3 is 0 Å². The lowest BCUT2D eigenvalue weighted by Gasteiger charge is -2.11. The van der Waals surface area contributed by atoms with Gasteiger partial charge in [0.05, 0.1) is 5.56 Å². The fraction of sp³-hybridized carbons (Fsp3) is 0.286. The van der Waals surface area contributed by atoms with Crippen molar-refractivity contribution in [3.63, 3.8) is 0 Å². The Balaban J connectivity index is 2.32. The average Bonchev–Trinajstić information content (AvgIpc) is 2.38. The van der Waals surface area contributed by atoms with Crippen LogP contribution in [0, 0.1) is 12.7 Å². The van der Waals surface area contributed by atoms with Crippen LogP contribution in [-0.2, 0) is 6.42 Å². The zero-order valence-electron chi connectivity index (χ0n) is 11.0. The van der Waals surface area contributed by atoms with Crippen molar-refractivity contribution in [3.8, 4) is 11.6 Å². The first-order valence-corrected chi connectivity index (χ1v) is 6.15. The Morgan fingerprint density at radius 1 is 1.32 bits per heavy atom. The second kappa shape index (κ2) is 5.65. The second-order valence-corrected chi connectivity index (χ2v) is 4.31. The lowest BCUT2D eigenvalue weighted by molar-refractivity contribution is 0.449. The molecule has 0 atom stereocenters. The minimum Gasteiger partial charge on any atom is -0.438 e. The number of hydrogen-bond donors (Lipinski definition) is 1. The molecule has 100 valence electrons. The first-order valence-electron chi connectivity index (χ1n) is 6.15. The molecule has 0 fully saturated rings. The summed E-state index contributed by atoms with van der Waals surface area (Å²) in [5.74, 6) is 0.882. The molecule has 2 rings (SSSR count). The summed E-state index contributed by atoms with van der Waals surface area (Å²) in [7, 11) is 0. The van der Waals surface area contributed by atoms with Gasteiger partial charge in [0.2, 0.25) is 5.88 Å². The molecule has 2 N–H and O–H groups in total. The van der Waals surface area contributed by atoms with Crippen LogP contribution in [0.3, 0.4) is 0 Å². The second-order valence-electron chi connectivity index (χ2n) is 4.31. The molecule has 2 aromatic rings. The van der Waals surface area contributed by atoms with E-state index in [1.807, 2.05) is 6.92 Å². The molecule has 1 aromatic heterocycles. The standard InChI is InChI=1S/C14H16FN3O/c1-3-4-11-13(16)17-8-18-14(11)19-10-6-5-9(2)12(15)7-10/h5-8H,3-4H2,1-2H3,(H2,16,17,18). The van der Waals surface area contributed by atoms with Gasteiger partial charge in [0.15, 0.2) is 0 Å². The summed E-state index contributed by atoms with van der Waals surface area (Å²) in [4.78, 5) is 8.01. The van der Waals surface area contributed by atoms with Gasteiger partial charge < -0.3 is 10.5 Å². The van der Waals surface area contributed by atoms with Crippen molar-refractivity contribution in [1.29, 1.82) is 0 Å². The third-order valence-corrected chi connectivity index (χ3v) is 2.80. The number of nitrogens with zero attached hydrogens (tertiary/aromatic N) is 2. The van der Waals surface area contributed by atoms with E-state index in [9.17, 15) is 4.39 Å². The third kappa shape index (κ3) is 2.99. The Morgan fingerprint density at radius 2 is 2.11 bits per heavy atom. The van der Waals surface area contributed by atoms with Crippen molar-refractivity contribution < 1.29 is 9.13 Å². The predicted molar refractivity (Wildman–Crippen MR) is 71.7 cm³/mol. The zero-order valence-corrected chi connectivity index (χ0v) is 11.0. The topological polar surface area (TPSA) is 61.0 Å². The van der Waals surface area contributed by atoms with Crippen LogP contribution < -0.4 is 10.5 Å². The van der Waals surface area contributed by atoms with E-state index in [4.69, 9.17) is 10.5 Å². The minimum atomic E-state index is -0.309. The highest BCUT2D eigenvalue weighted by Crippen LogP contribution is 2.27. The van der Waals surface area contributed by atoms with Gasteiger partial charge in [0.1, 0.15) is 23.7 Å². The lowest BCUT2D eigenvalue weighted by atomic mass is 10.2. The summed E-state index contributed by atoms with van der Waals surface area (Å²) in [5, 5.41) is 0. The van der Waals surface area contributed by atoms with Crippen molar-refractivity contribution in [1.82, 2.24) is 9.97 Å². The maximum absolute atomic E-state index is 13.5. The Morgan fingerprint density at radius 3 is 2.79 bits per heavy atom. The Bertz CT molecular complexity index is 587. The highest BCUT2D eigenvalue weighted by atomic mass is 19.1. The van der Waals surface area contributed by atoms with Gasteiger partial charge in [-0.2, -0.15) is 0 Å². The summed E-state index contributed by atoms with van der Waals surface area (Å²) in [6.45, 7) is 3.73. The summed E-state index contributed by atoms with van der Waals surface area (Å²) in [6.07, 6.45) is 2.96. The van der Waals surface area contributed by atoms with Crippen molar-refractivity contribution >= 4 is 5.82 Å². The van der Waals surface area contributed by atoms with Crippen LogP contribution in [0.5, 0.6) is 11.6 Å². The lowest BCUT2D eigenvalue weighted by Crippen LogP contribution is -2.02. The Labute approximate surface area is 111 Å². The number of anilines is 1. The van der Waals surface area contributed by atoms with Crippen molar-refractivity contribution in [3.05, 3.63) is 41.5 Å². The molecular formula is C14H16FN3O. The maximum Gasteiger partial charge on any atom is 0.227 e. The van der Waals surface area contributed by atoms with Gasteiger partial charge in [-0.15, -0.1) is 0 Å². The molecule has 0 saturated carbocycles. The average molecular weight is 261 g/mol. The molecule has 0 radical (unpaired) electrons. The van der Waals surface area contributed by atoms with E-state index in [0.29, 0.717) is 23.0 Å². The van der Waals surface area contributed by atoms with Crippen LogP contribution in [0.4, 0.5) is 10.2 Å². The number of benzene rings is 1. The quantitative estimate of drug-likeness (QED) is 0.917. The molecule has 0 aliphatic rings. The highest BCUT2D eigenvalue weighted by Gasteiger charge is 2.11. The predicted octanol–water partition coefficient (Wildman–Crippen LogP) is 3.25. The normalized spacial score (nSPS) is 10.5. The number of rotatable bonds is 4. The van der Waals surface area contributed by atoms with Crippen molar-refractivity contribution in [2.24, 2.45) is 0 Å². The Hall–Kier alpha value is -2.17. The fourth-order valence-corrected chi connectivity index (χ4v) is 1.73. The number of ether oxygens (including phenoxy) is 1. The molecule has 1 heterocycles. The molecule has 0 unspecified atom stereocenters. The van der Waals surface area contributed by atoms with Crippen LogP contribution >= 0.6 is 0 Å². The summed E-state index contributed by atoms with van der Waals surface area (Å²) in [6, 6.07) is 4.70. The fourth-order valence-electron chi connectivity index (χ4n) is 1.73. The van der Waals surface area contributed by atoms with Crippen LogP contribution in [0.25, 0.3) is 0 Å². The SMILES string of the molecule is CCCc1c(N)ncnc1Oc1ccc(C)c(F)c1. The van der Waals surface area contributed by atoms with Gasteiger partial charge in [-0.05, 0) is 25.0 Å². The molecule has 19 heavy (non-hydrogen) atoms. The molecule has 5 heteroatoms. The number of halogens is 1. The minimum absolute atomic E-state index is 0.309. The molecule has 0 spiro atoms. The third-order valence-electron chi connectivity index (χ3n) is 2.80. The highest BCUT2D eigenvalue weighted by molar-refractivity contribution is 5.46. The van der Waals surface area contributed by atoms with Crippen LogP contribution in [0.15, 0.2) is 24.5 Å². The van der Waals surface area contributed by atoms with E-state index in [1.54, 1.807) is 19.1 Å². The molecular weight excluding hydrogens is 245 g/mol. The molecule has 1 aromatic carbocycles. The molecule has 0 aliphatic carbocycles.